The second-order valence-electron chi connectivity index (χ2n) is 3.66. The van der Waals surface area contributed by atoms with E-state index >= 15 is 0 Å². The number of hydrogen-bond donors (Lipinski definition) is 1. The van der Waals surface area contributed by atoms with Gasteiger partial charge in [0, 0.05) is 5.69 Å². The lowest BCUT2D eigenvalue weighted by Gasteiger charge is -2.20. The number of aliphatic hydroxyl groups is 1. The Hall–Kier alpha value is -1.60. The van der Waals surface area contributed by atoms with Crippen molar-refractivity contribution in [1.29, 1.82) is 5.26 Å². The summed E-state index contributed by atoms with van der Waals surface area (Å²) in [5.41, 5.74) is 0.506. The predicted octanol–water partition coefficient (Wildman–Crippen LogP) is 0.970. The summed E-state index contributed by atoms with van der Waals surface area (Å²) in [6.07, 6.45) is -0.629. The molecule has 2 atom stereocenters. The maximum absolute atomic E-state index is 11.8. The summed E-state index contributed by atoms with van der Waals surface area (Å²) in [6.45, 7) is 5.15. The van der Waals surface area contributed by atoms with Crippen LogP contribution in [0.1, 0.15) is 31.1 Å². The second kappa shape index (κ2) is 4.28. The fourth-order valence-electron chi connectivity index (χ4n) is 1.45. The second-order valence-corrected chi connectivity index (χ2v) is 3.66. The highest BCUT2D eigenvalue weighted by Crippen LogP contribution is 2.11. The lowest BCUT2D eigenvalue weighted by molar-refractivity contribution is 0.136. The minimum absolute atomic E-state index is 0.105. The normalized spacial score (nSPS) is 14.3. The van der Waals surface area contributed by atoms with Crippen LogP contribution in [0.15, 0.2) is 16.9 Å². The van der Waals surface area contributed by atoms with E-state index in [0.29, 0.717) is 0 Å². The monoisotopic (exact) mass is 206 g/mol. The summed E-state index contributed by atoms with van der Waals surface area (Å²) >= 11 is 0. The molecule has 0 fully saturated rings. The van der Waals surface area contributed by atoms with E-state index in [4.69, 9.17) is 5.26 Å². The van der Waals surface area contributed by atoms with Gasteiger partial charge in [0.2, 0.25) is 0 Å². The average Bonchev–Trinajstić information content (AvgIpc) is 2.17. The van der Waals surface area contributed by atoms with Gasteiger partial charge in [-0.25, -0.2) is 0 Å². The molecule has 0 amide bonds. The molecule has 0 saturated heterocycles. The number of rotatable bonds is 2. The van der Waals surface area contributed by atoms with Crippen LogP contribution in [0.4, 0.5) is 0 Å². The predicted molar refractivity (Wildman–Crippen MR) is 56.5 cm³/mol. The number of hydrogen-bond acceptors (Lipinski definition) is 3. The third-order valence-corrected chi connectivity index (χ3v) is 2.55. The summed E-state index contributed by atoms with van der Waals surface area (Å²) in [6, 6.07) is 4.72. The van der Waals surface area contributed by atoms with Crippen LogP contribution in [-0.4, -0.2) is 15.8 Å². The van der Waals surface area contributed by atoms with Gasteiger partial charge in [0.05, 0.1) is 12.1 Å². The van der Waals surface area contributed by atoms with Crippen molar-refractivity contribution in [3.63, 3.8) is 0 Å². The lowest BCUT2D eigenvalue weighted by Crippen LogP contribution is -2.32. The molecule has 0 aliphatic heterocycles. The molecule has 80 valence electrons. The number of nitriles is 1. The molecule has 0 radical (unpaired) electrons. The first kappa shape index (κ1) is 11.5. The molecule has 0 aromatic carbocycles. The Kier molecular flexibility index (Phi) is 3.28. The Morgan fingerprint density at radius 3 is 2.53 bits per heavy atom. The lowest BCUT2D eigenvalue weighted by atomic mass is 10.1. The van der Waals surface area contributed by atoms with Crippen LogP contribution in [0, 0.1) is 18.3 Å². The van der Waals surface area contributed by atoms with E-state index in [1.807, 2.05) is 6.07 Å². The van der Waals surface area contributed by atoms with Gasteiger partial charge < -0.3 is 9.67 Å². The Labute approximate surface area is 88.4 Å². The number of pyridine rings is 1. The zero-order valence-electron chi connectivity index (χ0n) is 9.06. The van der Waals surface area contributed by atoms with Crippen LogP contribution in [0.25, 0.3) is 0 Å². The molecule has 2 unspecified atom stereocenters. The molecule has 0 aliphatic rings. The summed E-state index contributed by atoms with van der Waals surface area (Å²) in [5, 5.41) is 18.2. The highest BCUT2D eigenvalue weighted by Gasteiger charge is 2.15. The van der Waals surface area contributed by atoms with Gasteiger partial charge in [-0.1, -0.05) is 0 Å². The number of aromatic nitrogens is 1. The van der Waals surface area contributed by atoms with Crippen molar-refractivity contribution in [2.45, 2.75) is 32.9 Å². The van der Waals surface area contributed by atoms with E-state index < -0.39 is 6.10 Å². The van der Waals surface area contributed by atoms with Crippen LogP contribution in [0.3, 0.4) is 0 Å². The molecule has 1 N–H and O–H groups in total. The molecule has 4 nitrogen and oxygen atoms in total. The van der Waals surface area contributed by atoms with Crippen LogP contribution in [-0.2, 0) is 0 Å². The fourth-order valence-corrected chi connectivity index (χ4v) is 1.45. The molecule has 0 aliphatic carbocycles. The third kappa shape index (κ3) is 2.08. The van der Waals surface area contributed by atoms with Gasteiger partial charge >= 0.3 is 0 Å². The molecular formula is C11H14N2O2. The molecule has 1 heterocycles. The van der Waals surface area contributed by atoms with Gasteiger partial charge in [-0.2, -0.15) is 5.26 Å². The summed E-state index contributed by atoms with van der Waals surface area (Å²) in [7, 11) is 0. The summed E-state index contributed by atoms with van der Waals surface area (Å²) in [5.74, 6) is 0. The number of nitrogens with zero attached hydrogens (tertiary/aromatic N) is 2. The Balaban J connectivity index is 3.41. The smallest absolute Gasteiger partial charge is 0.268 e. The molecule has 0 spiro atoms. The number of aryl methyl sites for hydroxylation is 1. The van der Waals surface area contributed by atoms with Gasteiger partial charge in [0.15, 0.2) is 0 Å². The Morgan fingerprint density at radius 1 is 1.47 bits per heavy atom. The van der Waals surface area contributed by atoms with E-state index in [-0.39, 0.29) is 17.2 Å². The standard InChI is InChI=1S/C11H14N2O2/c1-7-4-5-10(6-12)11(15)13(7)8(2)9(3)14/h4-5,8-9,14H,1-3H3. The molecule has 1 aromatic rings. The molecule has 1 rings (SSSR count). The van der Waals surface area contributed by atoms with Crippen molar-refractivity contribution in [3.8, 4) is 6.07 Å². The minimum Gasteiger partial charge on any atom is -0.391 e. The quantitative estimate of drug-likeness (QED) is 0.784. The van der Waals surface area contributed by atoms with Crippen LogP contribution in [0.2, 0.25) is 0 Å². The molecule has 0 saturated carbocycles. The van der Waals surface area contributed by atoms with E-state index in [0.717, 1.165) is 5.69 Å². The van der Waals surface area contributed by atoms with Crippen LogP contribution >= 0.6 is 0 Å². The minimum atomic E-state index is -0.629. The van der Waals surface area contributed by atoms with Gasteiger partial charge in [-0.05, 0) is 32.9 Å². The summed E-state index contributed by atoms with van der Waals surface area (Å²) in [4.78, 5) is 11.8. The molecule has 15 heavy (non-hydrogen) atoms. The van der Waals surface area contributed by atoms with Crippen LogP contribution < -0.4 is 5.56 Å². The van der Waals surface area contributed by atoms with Crippen molar-refractivity contribution in [2.24, 2.45) is 0 Å². The SMILES string of the molecule is Cc1ccc(C#N)c(=O)n1C(C)C(C)O. The zero-order valence-corrected chi connectivity index (χ0v) is 9.06. The molecule has 4 heteroatoms. The van der Waals surface area contributed by atoms with Crippen molar-refractivity contribution in [1.82, 2.24) is 4.57 Å². The van der Waals surface area contributed by atoms with E-state index in [1.165, 1.54) is 10.6 Å². The maximum Gasteiger partial charge on any atom is 0.268 e. The van der Waals surface area contributed by atoms with Gasteiger partial charge in [0.25, 0.3) is 5.56 Å². The summed E-state index contributed by atoms with van der Waals surface area (Å²) < 4.78 is 1.45. The largest absolute Gasteiger partial charge is 0.391 e. The van der Waals surface area contributed by atoms with Crippen molar-refractivity contribution >= 4 is 0 Å². The first-order valence-electron chi connectivity index (χ1n) is 4.79. The average molecular weight is 206 g/mol. The van der Waals surface area contributed by atoms with Crippen molar-refractivity contribution in [2.75, 3.05) is 0 Å². The number of aliphatic hydroxyl groups excluding tert-OH is 1. The van der Waals surface area contributed by atoms with Gasteiger partial charge in [-0.3, -0.25) is 4.79 Å². The van der Waals surface area contributed by atoms with Crippen LogP contribution in [0.5, 0.6) is 0 Å². The highest BCUT2D eigenvalue weighted by atomic mass is 16.3. The van der Waals surface area contributed by atoms with E-state index in [2.05, 4.69) is 0 Å². The fraction of sp³-hybridized carbons (Fsp3) is 0.455. The highest BCUT2D eigenvalue weighted by molar-refractivity contribution is 5.27. The third-order valence-electron chi connectivity index (χ3n) is 2.55. The molecule has 0 bridgehead atoms. The Morgan fingerprint density at radius 2 is 2.07 bits per heavy atom. The van der Waals surface area contributed by atoms with Crippen molar-refractivity contribution in [3.05, 3.63) is 33.7 Å². The first-order chi connectivity index (χ1) is 6.99. The molecular weight excluding hydrogens is 192 g/mol. The van der Waals surface area contributed by atoms with E-state index in [1.54, 1.807) is 26.8 Å². The Bertz CT molecular complexity index is 455. The van der Waals surface area contributed by atoms with Gasteiger partial charge in [-0.15, -0.1) is 0 Å². The maximum atomic E-state index is 11.8. The topological polar surface area (TPSA) is 66.0 Å². The first-order valence-corrected chi connectivity index (χ1v) is 4.79. The zero-order chi connectivity index (χ0) is 11.6. The van der Waals surface area contributed by atoms with Crippen molar-refractivity contribution < 1.29 is 5.11 Å². The van der Waals surface area contributed by atoms with E-state index in [9.17, 15) is 9.90 Å². The molecule has 1 aromatic heterocycles. The van der Waals surface area contributed by atoms with Gasteiger partial charge in [0.1, 0.15) is 11.6 Å².